The lowest BCUT2D eigenvalue weighted by molar-refractivity contribution is 0.210. The first-order chi connectivity index (χ1) is 10.2. The van der Waals surface area contributed by atoms with E-state index in [9.17, 15) is 0 Å². The highest BCUT2D eigenvalue weighted by Gasteiger charge is 2.25. The van der Waals surface area contributed by atoms with Gasteiger partial charge in [0, 0.05) is 16.2 Å². The third-order valence-electron chi connectivity index (χ3n) is 3.22. The summed E-state index contributed by atoms with van der Waals surface area (Å²) in [5.74, 6) is 2.15. The normalized spacial score (nSPS) is 17.2. The zero-order valence-corrected chi connectivity index (χ0v) is 13.8. The number of nitrogens with zero attached hydrogens (tertiary/aromatic N) is 2. The molecule has 0 radical (unpaired) electrons. The topological polar surface area (TPSA) is 35.0 Å². The van der Waals surface area contributed by atoms with Gasteiger partial charge in [-0.05, 0) is 18.6 Å². The molecule has 1 unspecified atom stereocenters. The molecule has 0 amide bonds. The van der Waals surface area contributed by atoms with Gasteiger partial charge in [0.15, 0.2) is 11.9 Å². The van der Waals surface area contributed by atoms with Crippen molar-refractivity contribution in [1.29, 1.82) is 0 Å². The first-order valence-electron chi connectivity index (χ1n) is 6.79. The van der Waals surface area contributed by atoms with Crippen LogP contribution in [0.1, 0.15) is 30.8 Å². The lowest BCUT2D eigenvalue weighted by Crippen LogP contribution is -2.18. The second-order valence-corrected chi connectivity index (χ2v) is 6.53. The van der Waals surface area contributed by atoms with E-state index < -0.39 is 0 Å². The standard InChI is InChI=1S/C15H14Cl2N2OS/c1-2-5-9-13(16)18-15(19-14(9)17)11-8-21-12-7-4-3-6-10(12)20-11/h3-4,6-7,11H,2,5,8H2,1H3. The molecule has 3 nitrogen and oxygen atoms in total. The van der Waals surface area contributed by atoms with Gasteiger partial charge < -0.3 is 4.74 Å². The van der Waals surface area contributed by atoms with E-state index in [-0.39, 0.29) is 6.10 Å². The molecule has 1 aliphatic rings. The van der Waals surface area contributed by atoms with Crippen molar-refractivity contribution in [1.82, 2.24) is 9.97 Å². The summed E-state index contributed by atoms with van der Waals surface area (Å²) < 4.78 is 5.96. The molecule has 0 saturated heterocycles. The van der Waals surface area contributed by atoms with Crippen LogP contribution in [-0.2, 0) is 6.42 Å². The number of ether oxygens (including phenoxy) is 1. The number of fused-ring (bicyclic) bond motifs is 1. The molecular weight excluding hydrogens is 327 g/mol. The summed E-state index contributed by atoms with van der Waals surface area (Å²) in [6.07, 6.45) is 1.50. The van der Waals surface area contributed by atoms with E-state index in [1.807, 2.05) is 24.3 Å². The second kappa shape index (κ2) is 6.42. The summed E-state index contributed by atoms with van der Waals surface area (Å²) in [7, 11) is 0. The van der Waals surface area contributed by atoms with Gasteiger partial charge in [0.25, 0.3) is 0 Å². The molecule has 21 heavy (non-hydrogen) atoms. The largest absolute Gasteiger partial charge is 0.480 e. The minimum atomic E-state index is -0.226. The van der Waals surface area contributed by atoms with Gasteiger partial charge in [-0.3, -0.25) is 0 Å². The highest BCUT2D eigenvalue weighted by molar-refractivity contribution is 7.99. The number of hydrogen-bond acceptors (Lipinski definition) is 4. The van der Waals surface area contributed by atoms with Crippen LogP contribution in [0.3, 0.4) is 0 Å². The molecule has 2 aromatic rings. The summed E-state index contributed by atoms with van der Waals surface area (Å²) in [4.78, 5) is 9.89. The predicted octanol–water partition coefficient (Wildman–Crippen LogP) is 4.96. The maximum Gasteiger partial charge on any atom is 0.173 e. The van der Waals surface area contributed by atoms with Crippen LogP contribution in [0.4, 0.5) is 0 Å². The molecule has 6 heteroatoms. The molecule has 0 saturated carbocycles. The summed E-state index contributed by atoms with van der Waals surface area (Å²) in [6.45, 7) is 2.07. The van der Waals surface area contributed by atoms with E-state index in [4.69, 9.17) is 27.9 Å². The van der Waals surface area contributed by atoms with Gasteiger partial charge in [-0.1, -0.05) is 48.7 Å². The van der Waals surface area contributed by atoms with Crippen LogP contribution >= 0.6 is 35.0 Å². The molecule has 2 heterocycles. The summed E-state index contributed by atoms with van der Waals surface area (Å²) in [5.41, 5.74) is 0.813. The zero-order chi connectivity index (χ0) is 14.8. The average molecular weight is 341 g/mol. The van der Waals surface area contributed by atoms with Gasteiger partial charge in [0.05, 0.1) is 0 Å². The van der Waals surface area contributed by atoms with Crippen LogP contribution in [0, 0.1) is 0 Å². The van der Waals surface area contributed by atoms with E-state index in [0.717, 1.165) is 34.8 Å². The molecule has 1 atom stereocenters. The number of halogens is 2. The van der Waals surface area contributed by atoms with Crippen molar-refractivity contribution in [3.63, 3.8) is 0 Å². The first-order valence-corrected chi connectivity index (χ1v) is 8.53. The Balaban J connectivity index is 1.89. The molecule has 1 aromatic carbocycles. The van der Waals surface area contributed by atoms with Crippen LogP contribution in [-0.4, -0.2) is 15.7 Å². The number of aromatic nitrogens is 2. The van der Waals surface area contributed by atoms with Gasteiger partial charge in [0.1, 0.15) is 16.1 Å². The average Bonchev–Trinajstić information content (AvgIpc) is 2.50. The lowest BCUT2D eigenvalue weighted by atomic mass is 10.2. The van der Waals surface area contributed by atoms with Gasteiger partial charge in [0.2, 0.25) is 0 Å². The van der Waals surface area contributed by atoms with Gasteiger partial charge in [-0.25, -0.2) is 9.97 Å². The fourth-order valence-electron chi connectivity index (χ4n) is 2.19. The minimum Gasteiger partial charge on any atom is -0.480 e. The molecular formula is C15H14Cl2N2OS. The van der Waals surface area contributed by atoms with Crippen LogP contribution in [0.25, 0.3) is 0 Å². The van der Waals surface area contributed by atoms with E-state index in [1.54, 1.807) is 11.8 Å². The lowest BCUT2D eigenvalue weighted by Gasteiger charge is -2.24. The van der Waals surface area contributed by atoms with Crippen LogP contribution in [0.2, 0.25) is 10.3 Å². The third-order valence-corrected chi connectivity index (χ3v) is 4.96. The number of para-hydroxylation sites is 1. The van der Waals surface area contributed by atoms with Gasteiger partial charge >= 0.3 is 0 Å². The molecule has 0 aliphatic carbocycles. The molecule has 0 spiro atoms. The summed E-state index contributed by atoms with van der Waals surface area (Å²) in [5, 5.41) is 0.860. The van der Waals surface area contributed by atoms with Gasteiger partial charge in [-0.15, -0.1) is 11.8 Å². The Labute approximate surface area is 138 Å². The Bertz CT molecular complexity index is 643. The number of thioether (sulfide) groups is 1. The fourth-order valence-corrected chi connectivity index (χ4v) is 3.76. The van der Waals surface area contributed by atoms with E-state index in [2.05, 4.69) is 16.9 Å². The van der Waals surface area contributed by atoms with Gasteiger partial charge in [-0.2, -0.15) is 0 Å². The highest BCUT2D eigenvalue weighted by atomic mass is 35.5. The van der Waals surface area contributed by atoms with Crippen LogP contribution in [0.5, 0.6) is 5.75 Å². The SMILES string of the molecule is CCCc1c(Cl)nc(C2CSc3ccccc3O2)nc1Cl. The Morgan fingerprint density at radius 2 is 1.95 bits per heavy atom. The molecule has 1 aromatic heterocycles. The van der Waals surface area contributed by atoms with E-state index >= 15 is 0 Å². The highest BCUT2D eigenvalue weighted by Crippen LogP contribution is 2.40. The van der Waals surface area contributed by atoms with Crippen LogP contribution in [0.15, 0.2) is 29.2 Å². The monoisotopic (exact) mass is 340 g/mol. The number of benzene rings is 1. The minimum absolute atomic E-state index is 0.226. The van der Waals surface area contributed by atoms with Crippen molar-refractivity contribution in [3.8, 4) is 5.75 Å². The van der Waals surface area contributed by atoms with Crippen molar-refractivity contribution in [2.45, 2.75) is 30.8 Å². The van der Waals surface area contributed by atoms with Crippen molar-refractivity contribution in [2.24, 2.45) is 0 Å². The summed E-state index contributed by atoms with van der Waals surface area (Å²) >= 11 is 14.2. The fraction of sp³-hybridized carbons (Fsp3) is 0.333. The first kappa shape index (κ1) is 14.9. The van der Waals surface area contributed by atoms with Crippen molar-refractivity contribution >= 4 is 35.0 Å². The van der Waals surface area contributed by atoms with E-state index in [0.29, 0.717) is 16.1 Å². The maximum atomic E-state index is 6.23. The Morgan fingerprint density at radius 1 is 1.24 bits per heavy atom. The van der Waals surface area contributed by atoms with E-state index in [1.165, 1.54) is 0 Å². The van der Waals surface area contributed by atoms with Crippen LogP contribution < -0.4 is 4.74 Å². The Morgan fingerprint density at radius 3 is 2.67 bits per heavy atom. The second-order valence-electron chi connectivity index (χ2n) is 4.76. The van der Waals surface area contributed by atoms with Crippen molar-refractivity contribution in [3.05, 3.63) is 46.0 Å². The number of hydrogen-bond donors (Lipinski definition) is 0. The predicted molar refractivity (Wildman–Crippen MR) is 86.6 cm³/mol. The molecule has 0 N–H and O–H groups in total. The number of rotatable bonds is 3. The Kier molecular flexibility index (Phi) is 4.57. The Hall–Kier alpha value is -0.970. The molecule has 3 rings (SSSR count). The quantitative estimate of drug-likeness (QED) is 0.739. The maximum absolute atomic E-state index is 6.23. The molecule has 0 fully saturated rings. The third kappa shape index (κ3) is 3.12. The van der Waals surface area contributed by atoms with Crippen molar-refractivity contribution < 1.29 is 4.74 Å². The smallest absolute Gasteiger partial charge is 0.173 e. The molecule has 0 bridgehead atoms. The summed E-state index contributed by atoms with van der Waals surface area (Å²) in [6, 6.07) is 7.94. The zero-order valence-electron chi connectivity index (χ0n) is 11.5. The molecule has 110 valence electrons. The van der Waals surface area contributed by atoms with Crippen molar-refractivity contribution in [2.75, 3.05) is 5.75 Å². The molecule has 1 aliphatic heterocycles.